The molecular weight excluding hydrogens is 855 g/mol. The molecule has 0 saturated heterocycles. The monoisotopic (exact) mass is 895 g/mol. The summed E-state index contributed by atoms with van der Waals surface area (Å²) in [5.74, 6) is 0. The largest absolute Gasteiger partial charge is 0.456 e. The van der Waals surface area contributed by atoms with Crippen LogP contribution < -0.4 is 4.90 Å². The Labute approximate surface area is 403 Å². The van der Waals surface area contributed by atoms with E-state index >= 15 is 0 Å². The Balaban J connectivity index is 0.988. The molecule has 4 heteroatoms. The number of hydrogen-bond donors (Lipinski definition) is 0. The number of fused-ring (bicyclic) bond motifs is 9. The van der Waals surface area contributed by atoms with Crippen molar-refractivity contribution in [1.82, 2.24) is 0 Å². The first-order chi connectivity index (χ1) is 34.7. The van der Waals surface area contributed by atoms with Crippen LogP contribution in [0.15, 0.2) is 262 Å². The van der Waals surface area contributed by atoms with Gasteiger partial charge in [0.15, 0.2) is 0 Å². The second-order valence-corrected chi connectivity index (χ2v) is 17.9. The number of rotatable bonds is 8. The van der Waals surface area contributed by atoms with Crippen LogP contribution >= 0.6 is 0 Å². The first-order valence-electron chi connectivity index (χ1n) is 23.7. The Morgan fingerprint density at radius 3 is 1.04 bits per heavy atom. The average molecular weight is 896 g/mol. The van der Waals surface area contributed by atoms with Crippen LogP contribution in [-0.4, -0.2) is 0 Å². The molecule has 0 aliphatic carbocycles. The summed E-state index contributed by atoms with van der Waals surface area (Å²) in [6.45, 7) is 0. The molecule has 0 N–H and O–H groups in total. The highest BCUT2D eigenvalue weighted by atomic mass is 16.3. The first kappa shape index (κ1) is 39.8. The molecule has 3 aromatic heterocycles. The maximum Gasteiger partial charge on any atom is 0.137 e. The van der Waals surface area contributed by atoms with Gasteiger partial charge in [-0.05, 0) is 123 Å². The van der Waals surface area contributed by atoms with E-state index in [4.69, 9.17) is 13.3 Å². The number of benzene rings is 11. The normalized spacial score (nSPS) is 11.7. The molecule has 0 aliphatic rings. The van der Waals surface area contributed by atoms with Crippen LogP contribution in [0.5, 0.6) is 0 Å². The first-order valence-corrected chi connectivity index (χ1v) is 23.7. The molecule has 14 aromatic rings. The minimum Gasteiger partial charge on any atom is -0.456 e. The fourth-order valence-corrected chi connectivity index (χ4v) is 10.7. The Hall–Kier alpha value is -9.38. The SMILES string of the molecule is c1ccc(-c2ccc(-c3c(-c4ccc5oc6ccccc6c5c4-c4ccc(N(c5ccc(-c6ccccc6)cc5)c5cccc6oc7ccccc7c56)cc4)ccc4oc5ccccc5c34)cc2)cc1. The average Bonchev–Trinajstić information content (AvgIpc) is 4.13. The minimum absolute atomic E-state index is 0.839. The number of anilines is 3. The zero-order valence-corrected chi connectivity index (χ0v) is 37.8. The molecule has 4 nitrogen and oxygen atoms in total. The summed E-state index contributed by atoms with van der Waals surface area (Å²) in [4.78, 5) is 2.35. The third-order valence-electron chi connectivity index (χ3n) is 13.9. The van der Waals surface area contributed by atoms with Gasteiger partial charge in [-0.1, -0.05) is 170 Å². The van der Waals surface area contributed by atoms with E-state index in [0.29, 0.717) is 0 Å². The molecule has 14 rings (SSSR count). The Kier molecular flexibility index (Phi) is 9.17. The van der Waals surface area contributed by atoms with Gasteiger partial charge in [0.25, 0.3) is 0 Å². The third kappa shape index (κ3) is 6.46. The lowest BCUT2D eigenvalue weighted by Crippen LogP contribution is -2.10. The summed E-state index contributed by atoms with van der Waals surface area (Å²) in [7, 11) is 0. The Morgan fingerprint density at radius 2 is 0.571 bits per heavy atom. The molecule has 0 fully saturated rings. The lowest BCUT2D eigenvalue weighted by molar-refractivity contribution is 0.668. The van der Waals surface area contributed by atoms with Crippen LogP contribution in [0, 0.1) is 0 Å². The highest BCUT2D eigenvalue weighted by Crippen LogP contribution is 2.50. The van der Waals surface area contributed by atoms with Crippen molar-refractivity contribution < 1.29 is 13.3 Å². The maximum atomic E-state index is 6.65. The molecule has 0 bridgehead atoms. The van der Waals surface area contributed by atoms with Gasteiger partial charge in [0.05, 0.1) is 11.1 Å². The van der Waals surface area contributed by atoms with E-state index in [1.807, 2.05) is 24.3 Å². The van der Waals surface area contributed by atoms with Gasteiger partial charge in [0, 0.05) is 49.4 Å². The number of para-hydroxylation sites is 3. The quantitative estimate of drug-likeness (QED) is 0.152. The van der Waals surface area contributed by atoms with Gasteiger partial charge >= 0.3 is 0 Å². The van der Waals surface area contributed by atoms with Gasteiger partial charge < -0.3 is 18.2 Å². The summed E-state index contributed by atoms with van der Waals surface area (Å²) < 4.78 is 19.7. The zero-order valence-electron chi connectivity index (χ0n) is 37.8. The van der Waals surface area contributed by atoms with E-state index in [1.54, 1.807) is 0 Å². The van der Waals surface area contributed by atoms with Crippen LogP contribution in [0.2, 0.25) is 0 Å². The van der Waals surface area contributed by atoms with Gasteiger partial charge in [0.1, 0.15) is 33.5 Å². The second kappa shape index (κ2) is 16.2. The fourth-order valence-electron chi connectivity index (χ4n) is 10.7. The van der Waals surface area contributed by atoms with Crippen molar-refractivity contribution in [3.05, 3.63) is 249 Å². The number of furan rings is 3. The molecule has 70 heavy (non-hydrogen) atoms. The van der Waals surface area contributed by atoms with Gasteiger partial charge in [-0.2, -0.15) is 0 Å². The summed E-state index contributed by atoms with van der Waals surface area (Å²) in [6, 6.07) is 88.1. The standard InChI is InChI=1S/C66H41NO3/c1-3-14-42(15-4-1)44-26-28-46(29-27-44)62-50(38-40-60-65(62)53-19-8-11-23-57(53)69-60)51-39-41-61-66(54-20-9-12-24-58(54)70-61)63(51)47-32-36-49(37-33-47)67(48-34-30-45(31-35-48)43-16-5-2-6-17-43)55-21-13-25-59-64(55)52-18-7-10-22-56(52)68-59/h1-41H. The second-order valence-electron chi connectivity index (χ2n) is 17.9. The summed E-state index contributed by atoms with van der Waals surface area (Å²) in [6.07, 6.45) is 0. The van der Waals surface area contributed by atoms with Gasteiger partial charge in [-0.25, -0.2) is 0 Å². The summed E-state index contributed by atoms with van der Waals surface area (Å²) in [5.41, 5.74) is 19.5. The van der Waals surface area contributed by atoms with Gasteiger partial charge in [-0.3, -0.25) is 0 Å². The molecule has 0 aliphatic heterocycles. The molecule has 0 spiro atoms. The number of hydrogen-bond acceptors (Lipinski definition) is 4. The third-order valence-corrected chi connectivity index (χ3v) is 13.9. The lowest BCUT2D eigenvalue weighted by atomic mass is 9.85. The van der Waals surface area contributed by atoms with Crippen molar-refractivity contribution >= 4 is 82.9 Å². The highest BCUT2D eigenvalue weighted by Gasteiger charge is 2.25. The van der Waals surface area contributed by atoms with Crippen LogP contribution in [0.25, 0.3) is 121 Å². The van der Waals surface area contributed by atoms with Crippen molar-refractivity contribution in [2.45, 2.75) is 0 Å². The molecule has 0 radical (unpaired) electrons. The molecular formula is C66H41NO3. The van der Waals surface area contributed by atoms with Crippen LogP contribution in [0.3, 0.4) is 0 Å². The molecule has 11 aromatic carbocycles. The smallest absolute Gasteiger partial charge is 0.137 e. The van der Waals surface area contributed by atoms with Gasteiger partial charge in [0.2, 0.25) is 0 Å². The summed E-state index contributed by atoms with van der Waals surface area (Å²) in [5, 5.41) is 6.46. The van der Waals surface area contributed by atoms with Crippen molar-refractivity contribution in [2.75, 3.05) is 4.90 Å². The van der Waals surface area contributed by atoms with Crippen molar-refractivity contribution in [1.29, 1.82) is 0 Å². The van der Waals surface area contributed by atoms with E-state index in [1.165, 1.54) is 16.7 Å². The Morgan fingerprint density at radius 1 is 0.229 bits per heavy atom. The van der Waals surface area contributed by atoms with E-state index in [-0.39, 0.29) is 0 Å². The highest BCUT2D eigenvalue weighted by molar-refractivity contribution is 6.21. The fraction of sp³-hybridized carbons (Fsp3) is 0. The predicted molar refractivity (Wildman–Crippen MR) is 290 cm³/mol. The molecule has 0 amide bonds. The topological polar surface area (TPSA) is 42.7 Å². The van der Waals surface area contributed by atoms with Crippen molar-refractivity contribution in [3.63, 3.8) is 0 Å². The summed E-state index contributed by atoms with van der Waals surface area (Å²) >= 11 is 0. The van der Waals surface area contributed by atoms with E-state index in [9.17, 15) is 0 Å². The van der Waals surface area contributed by atoms with E-state index in [2.05, 4.69) is 229 Å². The Bertz CT molecular complexity index is 4260. The molecule has 328 valence electrons. The maximum absolute atomic E-state index is 6.65. The number of nitrogens with zero attached hydrogens (tertiary/aromatic N) is 1. The van der Waals surface area contributed by atoms with E-state index < -0.39 is 0 Å². The van der Waals surface area contributed by atoms with E-state index in [0.717, 1.165) is 122 Å². The van der Waals surface area contributed by atoms with Gasteiger partial charge in [-0.15, -0.1) is 0 Å². The molecule has 0 atom stereocenters. The zero-order chi connectivity index (χ0) is 46.1. The molecule has 3 heterocycles. The van der Waals surface area contributed by atoms with Crippen molar-refractivity contribution in [3.8, 4) is 55.6 Å². The molecule has 0 unspecified atom stereocenters. The van der Waals surface area contributed by atoms with Crippen LogP contribution in [-0.2, 0) is 0 Å². The minimum atomic E-state index is 0.839. The van der Waals surface area contributed by atoms with Crippen molar-refractivity contribution in [2.24, 2.45) is 0 Å². The van der Waals surface area contributed by atoms with Crippen LogP contribution in [0.4, 0.5) is 17.1 Å². The lowest BCUT2D eigenvalue weighted by Gasteiger charge is -2.27. The predicted octanol–water partition coefficient (Wildman–Crippen LogP) is 19.2. The van der Waals surface area contributed by atoms with Crippen LogP contribution in [0.1, 0.15) is 0 Å². The molecule has 0 saturated carbocycles.